The first-order chi connectivity index (χ1) is 12.2. The number of carbonyl (C=O) groups excluding carboxylic acids is 2. The van der Waals surface area contributed by atoms with Crippen molar-refractivity contribution in [1.82, 2.24) is 15.5 Å². The smallest absolute Gasteiger partial charge is 0.318 e. The van der Waals surface area contributed by atoms with Crippen molar-refractivity contribution in [2.24, 2.45) is 0 Å². The van der Waals surface area contributed by atoms with Crippen molar-refractivity contribution in [3.8, 4) is 6.07 Å². The molecular formula is C19H28N4O2. The van der Waals surface area contributed by atoms with Crippen LogP contribution in [0.4, 0.5) is 4.79 Å². The van der Waals surface area contributed by atoms with E-state index in [4.69, 9.17) is 5.26 Å². The van der Waals surface area contributed by atoms with E-state index in [-0.39, 0.29) is 19.9 Å². The predicted octanol–water partition coefficient (Wildman–Crippen LogP) is 2.63. The maximum Gasteiger partial charge on any atom is 0.318 e. The van der Waals surface area contributed by atoms with Crippen LogP contribution in [0, 0.1) is 11.3 Å². The van der Waals surface area contributed by atoms with Crippen LogP contribution in [0.3, 0.4) is 0 Å². The summed E-state index contributed by atoms with van der Waals surface area (Å²) >= 11 is 0. The number of hydrogen-bond donors (Lipinski definition) is 2. The Morgan fingerprint density at radius 2 is 2.16 bits per heavy atom. The maximum absolute atomic E-state index is 12.6. The number of urea groups is 1. The zero-order valence-corrected chi connectivity index (χ0v) is 14.7. The number of nitrogens with one attached hydrogen (secondary N) is 2. The number of amides is 3. The van der Waals surface area contributed by atoms with Crippen LogP contribution in [0.15, 0.2) is 30.3 Å². The second-order valence-corrected chi connectivity index (χ2v) is 6.36. The summed E-state index contributed by atoms with van der Waals surface area (Å²) in [7, 11) is 0. The fourth-order valence-electron chi connectivity index (χ4n) is 3.21. The number of nitriles is 1. The lowest BCUT2D eigenvalue weighted by Crippen LogP contribution is -2.53. The number of piperidine rings is 1. The largest absolute Gasteiger partial charge is 0.341 e. The summed E-state index contributed by atoms with van der Waals surface area (Å²) in [5.41, 5.74) is 1.25. The van der Waals surface area contributed by atoms with Crippen molar-refractivity contribution in [2.45, 2.75) is 44.6 Å². The monoisotopic (exact) mass is 344 g/mol. The van der Waals surface area contributed by atoms with Gasteiger partial charge in [-0.1, -0.05) is 43.7 Å². The molecule has 0 aromatic heterocycles. The molecule has 2 rings (SSSR count). The van der Waals surface area contributed by atoms with Gasteiger partial charge in [-0.05, 0) is 24.8 Å². The zero-order chi connectivity index (χ0) is 18.1. The van der Waals surface area contributed by atoms with E-state index in [1.165, 1.54) is 5.56 Å². The summed E-state index contributed by atoms with van der Waals surface area (Å²) in [6, 6.07) is 11.3. The zero-order valence-electron chi connectivity index (χ0n) is 14.7. The van der Waals surface area contributed by atoms with Gasteiger partial charge in [-0.3, -0.25) is 4.79 Å². The highest BCUT2D eigenvalue weighted by atomic mass is 16.2. The van der Waals surface area contributed by atoms with Gasteiger partial charge in [0.1, 0.15) is 12.6 Å². The first-order valence-electron chi connectivity index (χ1n) is 8.90. The van der Waals surface area contributed by atoms with E-state index in [2.05, 4.69) is 22.8 Å². The van der Waals surface area contributed by atoms with E-state index in [0.29, 0.717) is 25.4 Å². The lowest BCUT2D eigenvalue weighted by molar-refractivity contribution is -0.122. The van der Waals surface area contributed by atoms with E-state index in [1.54, 1.807) is 4.90 Å². The number of likely N-dealkylation sites (tertiary alicyclic amines) is 1. The minimum Gasteiger partial charge on any atom is -0.341 e. The Kier molecular flexibility index (Phi) is 7.27. The van der Waals surface area contributed by atoms with Crippen LogP contribution in [0.5, 0.6) is 0 Å². The molecule has 1 heterocycles. The SMILES string of the molecule is CCCC(NC(=O)N1CCCC(c2ccccc2)C1)C(=O)NCC#N.[HH]. The lowest BCUT2D eigenvalue weighted by Gasteiger charge is -2.34. The van der Waals surface area contributed by atoms with Gasteiger partial charge in [-0.2, -0.15) is 5.26 Å². The van der Waals surface area contributed by atoms with Crippen LogP contribution < -0.4 is 10.6 Å². The van der Waals surface area contributed by atoms with Crippen LogP contribution >= 0.6 is 0 Å². The van der Waals surface area contributed by atoms with Crippen molar-refractivity contribution in [2.75, 3.05) is 19.6 Å². The number of rotatable bonds is 6. The van der Waals surface area contributed by atoms with Gasteiger partial charge < -0.3 is 15.5 Å². The molecule has 2 N–H and O–H groups in total. The Bertz CT molecular complexity index is 618. The Morgan fingerprint density at radius 1 is 1.40 bits per heavy atom. The van der Waals surface area contributed by atoms with Crippen molar-refractivity contribution in [3.05, 3.63) is 35.9 Å². The Hall–Kier alpha value is -2.55. The quantitative estimate of drug-likeness (QED) is 0.778. The highest BCUT2D eigenvalue weighted by Gasteiger charge is 2.27. The molecule has 0 radical (unpaired) electrons. The first kappa shape index (κ1) is 18.8. The molecule has 2 atom stereocenters. The molecule has 1 saturated heterocycles. The van der Waals surface area contributed by atoms with E-state index in [9.17, 15) is 9.59 Å². The number of nitrogens with zero attached hydrogens (tertiary/aromatic N) is 2. The summed E-state index contributed by atoms with van der Waals surface area (Å²) in [4.78, 5) is 26.5. The van der Waals surface area contributed by atoms with Gasteiger partial charge >= 0.3 is 6.03 Å². The summed E-state index contributed by atoms with van der Waals surface area (Å²) in [5, 5.41) is 14.0. The minimum atomic E-state index is -0.594. The second kappa shape index (κ2) is 9.67. The molecule has 0 saturated carbocycles. The minimum absolute atomic E-state index is 0. The van der Waals surface area contributed by atoms with Gasteiger partial charge in [0, 0.05) is 20.4 Å². The number of hydrogen-bond acceptors (Lipinski definition) is 3. The van der Waals surface area contributed by atoms with Crippen molar-refractivity contribution >= 4 is 11.9 Å². The number of benzene rings is 1. The number of carbonyl (C=O) groups is 2. The van der Waals surface area contributed by atoms with E-state index in [0.717, 1.165) is 19.3 Å². The summed E-state index contributed by atoms with van der Waals surface area (Å²) < 4.78 is 0. The molecule has 136 valence electrons. The topological polar surface area (TPSA) is 85.2 Å². The van der Waals surface area contributed by atoms with Gasteiger partial charge in [-0.15, -0.1) is 0 Å². The van der Waals surface area contributed by atoms with Crippen molar-refractivity contribution in [3.63, 3.8) is 0 Å². The summed E-state index contributed by atoms with van der Waals surface area (Å²) in [6.07, 6.45) is 3.34. The maximum atomic E-state index is 12.6. The highest BCUT2D eigenvalue weighted by molar-refractivity contribution is 5.87. The average molecular weight is 344 g/mol. The predicted molar refractivity (Wildman–Crippen MR) is 98.0 cm³/mol. The molecule has 25 heavy (non-hydrogen) atoms. The van der Waals surface area contributed by atoms with Gasteiger partial charge in [0.15, 0.2) is 0 Å². The van der Waals surface area contributed by atoms with Crippen molar-refractivity contribution in [1.29, 1.82) is 5.26 Å². The molecule has 1 aromatic carbocycles. The summed E-state index contributed by atoms with van der Waals surface area (Å²) in [5.74, 6) is 0.0334. The van der Waals surface area contributed by atoms with Gasteiger partial charge in [0.25, 0.3) is 0 Å². The van der Waals surface area contributed by atoms with Crippen LogP contribution in [0.2, 0.25) is 0 Å². The van der Waals surface area contributed by atoms with Crippen LogP contribution in [0.25, 0.3) is 0 Å². The van der Waals surface area contributed by atoms with Gasteiger partial charge in [-0.25, -0.2) is 4.79 Å². The third-order valence-corrected chi connectivity index (χ3v) is 4.51. The molecule has 1 aromatic rings. The molecule has 6 nitrogen and oxygen atoms in total. The molecule has 1 aliphatic rings. The Balaban J connectivity index is 0.00000338. The lowest BCUT2D eigenvalue weighted by atomic mass is 9.91. The molecular weight excluding hydrogens is 316 g/mol. The average Bonchev–Trinajstić information content (AvgIpc) is 2.66. The third kappa shape index (κ3) is 5.49. The van der Waals surface area contributed by atoms with Crippen molar-refractivity contribution < 1.29 is 11.0 Å². The van der Waals surface area contributed by atoms with E-state index in [1.807, 2.05) is 31.2 Å². The van der Waals surface area contributed by atoms with Crippen LogP contribution in [0.1, 0.15) is 45.5 Å². The van der Waals surface area contributed by atoms with Gasteiger partial charge in [0.2, 0.25) is 5.91 Å². The first-order valence-corrected chi connectivity index (χ1v) is 8.90. The molecule has 6 heteroatoms. The normalized spacial score (nSPS) is 18.1. The van der Waals surface area contributed by atoms with Crippen LogP contribution in [-0.4, -0.2) is 42.5 Å². The molecule has 1 aliphatic heterocycles. The Morgan fingerprint density at radius 3 is 2.84 bits per heavy atom. The Labute approximate surface area is 150 Å². The fourth-order valence-corrected chi connectivity index (χ4v) is 3.21. The van der Waals surface area contributed by atoms with Gasteiger partial charge in [0.05, 0.1) is 6.07 Å². The summed E-state index contributed by atoms with van der Waals surface area (Å²) in [6.45, 7) is 3.28. The highest BCUT2D eigenvalue weighted by Crippen LogP contribution is 2.26. The molecule has 0 bridgehead atoms. The standard InChI is InChI=1S/C19H26N4O2.H2/c1-2-7-17(18(24)21-12-11-20)22-19(25)23-13-6-10-16(14-23)15-8-4-3-5-9-15;/h3-5,8-9,16-17H,2,6-7,10,12-14H2,1H3,(H,21,24)(H,22,25);1H. The molecule has 0 spiro atoms. The second-order valence-electron chi connectivity index (χ2n) is 6.36. The fraction of sp³-hybridized carbons (Fsp3) is 0.526. The molecule has 2 unspecified atom stereocenters. The molecule has 3 amide bonds. The van der Waals surface area contributed by atoms with E-state index < -0.39 is 6.04 Å². The molecule has 0 aliphatic carbocycles. The molecule has 1 fully saturated rings. The van der Waals surface area contributed by atoms with Crippen LogP contribution in [-0.2, 0) is 4.79 Å². The van der Waals surface area contributed by atoms with E-state index >= 15 is 0 Å². The third-order valence-electron chi connectivity index (χ3n) is 4.51.